The molecule has 0 spiro atoms. The number of hydrogen-bond acceptors (Lipinski definition) is 2. The second-order valence-electron chi connectivity index (χ2n) is 3.44. The third-order valence-electron chi connectivity index (χ3n) is 2.14. The first-order valence-electron chi connectivity index (χ1n) is 4.71. The largest absolute Gasteiger partial charge is 0.480 e. The first kappa shape index (κ1) is 11.5. The summed E-state index contributed by atoms with van der Waals surface area (Å²) in [4.78, 5) is 10.3. The Morgan fingerprint density at radius 2 is 2.27 bits per heavy atom. The number of rotatable bonds is 4. The van der Waals surface area contributed by atoms with Gasteiger partial charge in [0, 0.05) is 5.69 Å². The number of hydrogen-bond donors (Lipinski definition) is 2. The van der Waals surface area contributed by atoms with Crippen LogP contribution in [-0.2, 0) is 4.79 Å². The molecule has 0 aliphatic carbocycles. The van der Waals surface area contributed by atoms with Crippen molar-refractivity contribution in [2.45, 2.75) is 20.0 Å². The summed E-state index contributed by atoms with van der Waals surface area (Å²) < 4.78 is 12.9. The smallest absolute Gasteiger partial charge is 0.322 e. The minimum absolute atomic E-state index is 0.134. The molecular weight excluding hydrogens is 197 g/mol. The maximum atomic E-state index is 12.9. The van der Waals surface area contributed by atoms with Gasteiger partial charge in [-0.15, -0.1) is 0 Å². The average molecular weight is 211 g/mol. The normalized spacial score (nSPS) is 12.2. The molecule has 1 rings (SSSR count). The van der Waals surface area contributed by atoms with Crippen molar-refractivity contribution < 1.29 is 14.3 Å². The molecule has 1 unspecified atom stereocenters. The number of carboxylic acids is 1. The molecule has 0 aromatic heterocycles. The quantitative estimate of drug-likeness (QED) is 0.804. The minimum atomic E-state index is -1.00. The van der Waals surface area contributed by atoms with E-state index < -0.39 is 12.1 Å². The van der Waals surface area contributed by atoms with E-state index in [1.807, 2.05) is 6.92 Å². The highest BCUT2D eigenvalue weighted by Gasteiger charge is 2.06. The van der Waals surface area contributed by atoms with Crippen molar-refractivity contribution in [3.8, 4) is 0 Å². The molecule has 0 bridgehead atoms. The molecule has 0 fully saturated rings. The van der Waals surface area contributed by atoms with Gasteiger partial charge in [0.1, 0.15) is 12.7 Å². The molecule has 1 aromatic rings. The number of nitrogens with one attached hydrogen (secondary N) is 1. The molecule has 0 saturated heterocycles. The molecule has 0 radical (unpaired) electrons. The van der Waals surface area contributed by atoms with Crippen molar-refractivity contribution in [1.29, 1.82) is 0 Å². The van der Waals surface area contributed by atoms with E-state index in [9.17, 15) is 9.18 Å². The predicted molar refractivity (Wildman–Crippen MR) is 56.8 cm³/mol. The molecule has 0 aliphatic rings. The van der Waals surface area contributed by atoms with Gasteiger partial charge < -0.3 is 10.4 Å². The van der Waals surface area contributed by atoms with Gasteiger partial charge in [0.15, 0.2) is 0 Å². The van der Waals surface area contributed by atoms with Gasteiger partial charge in [-0.25, -0.2) is 4.39 Å². The molecule has 0 heterocycles. The van der Waals surface area contributed by atoms with Crippen molar-refractivity contribution in [2.24, 2.45) is 0 Å². The number of carboxylic acid groups (broad SMARTS) is 1. The molecular formula is C11H14FNO2. The number of aryl methyl sites for hydroxylation is 1. The number of halogens is 1. The molecule has 0 saturated carbocycles. The van der Waals surface area contributed by atoms with Crippen LogP contribution in [0.3, 0.4) is 0 Å². The second-order valence-corrected chi connectivity index (χ2v) is 3.44. The Labute approximate surface area is 87.9 Å². The van der Waals surface area contributed by atoms with Gasteiger partial charge >= 0.3 is 5.97 Å². The van der Waals surface area contributed by atoms with Gasteiger partial charge in [0.05, 0.1) is 0 Å². The van der Waals surface area contributed by atoms with E-state index in [1.54, 1.807) is 18.2 Å². The summed E-state index contributed by atoms with van der Waals surface area (Å²) in [5.41, 5.74) is 2.17. The molecule has 1 aromatic carbocycles. The van der Waals surface area contributed by atoms with Gasteiger partial charge in [-0.3, -0.25) is 4.79 Å². The lowest BCUT2D eigenvalue weighted by molar-refractivity contribution is -0.134. The summed E-state index contributed by atoms with van der Waals surface area (Å²) in [5.74, 6) is -0.919. The Hall–Kier alpha value is -1.58. The fourth-order valence-corrected chi connectivity index (χ4v) is 1.30. The first-order chi connectivity index (χ1) is 7.00. The van der Waals surface area contributed by atoms with Crippen LogP contribution >= 0.6 is 0 Å². The summed E-state index contributed by atoms with van der Waals surface area (Å²) >= 11 is 0. The number of aliphatic carboxylic acids is 1. The van der Waals surface area contributed by atoms with E-state index in [2.05, 4.69) is 5.32 Å². The third kappa shape index (κ3) is 3.23. The van der Waals surface area contributed by atoms with Crippen LogP contribution in [0.5, 0.6) is 0 Å². The standard InChI is InChI=1S/C11H14FNO2/c1-7-5-9(8(2)12)3-4-10(7)13-6-11(14)15/h3-5,8,13H,6H2,1-2H3,(H,14,15). The zero-order valence-corrected chi connectivity index (χ0v) is 8.75. The van der Waals surface area contributed by atoms with Crippen LogP contribution < -0.4 is 5.32 Å². The molecule has 2 N–H and O–H groups in total. The van der Waals surface area contributed by atoms with Crippen LogP contribution in [0.1, 0.15) is 24.2 Å². The van der Waals surface area contributed by atoms with Crippen molar-refractivity contribution >= 4 is 11.7 Å². The maximum absolute atomic E-state index is 12.9. The minimum Gasteiger partial charge on any atom is -0.480 e. The zero-order chi connectivity index (χ0) is 11.4. The van der Waals surface area contributed by atoms with E-state index >= 15 is 0 Å². The van der Waals surface area contributed by atoms with Crippen LogP contribution in [0.15, 0.2) is 18.2 Å². The monoisotopic (exact) mass is 211 g/mol. The van der Waals surface area contributed by atoms with Crippen LogP contribution in [0, 0.1) is 6.92 Å². The molecule has 15 heavy (non-hydrogen) atoms. The van der Waals surface area contributed by atoms with Crippen LogP contribution in [0.25, 0.3) is 0 Å². The topological polar surface area (TPSA) is 49.3 Å². The molecule has 0 amide bonds. The van der Waals surface area contributed by atoms with Gasteiger partial charge in [0.2, 0.25) is 0 Å². The Balaban J connectivity index is 2.79. The molecule has 0 aliphatic heterocycles. The van der Waals surface area contributed by atoms with E-state index in [0.717, 1.165) is 11.3 Å². The number of carbonyl (C=O) groups is 1. The van der Waals surface area contributed by atoms with Crippen molar-refractivity contribution in [3.63, 3.8) is 0 Å². The summed E-state index contributed by atoms with van der Waals surface area (Å²) in [6.45, 7) is 3.15. The van der Waals surface area contributed by atoms with Gasteiger partial charge in [0.25, 0.3) is 0 Å². The Morgan fingerprint density at radius 1 is 1.60 bits per heavy atom. The van der Waals surface area contributed by atoms with E-state index in [4.69, 9.17) is 5.11 Å². The molecule has 4 heteroatoms. The SMILES string of the molecule is Cc1cc(C(C)F)ccc1NCC(=O)O. The lowest BCUT2D eigenvalue weighted by Crippen LogP contribution is -2.13. The third-order valence-corrected chi connectivity index (χ3v) is 2.14. The summed E-state index contributed by atoms with van der Waals surface area (Å²) in [6.07, 6.45) is -1.00. The Bertz CT molecular complexity index is 364. The van der Waals surface area contributed by atoms with Gasteiger partial charge in [-0.05, 0) is 31.0 Å². The first-order valence-corrected chi connectivity index (χ1v) is 4.71. The summed E-state index contributed by atoms with van der Waals surface area (Å²) in [7, 11) is 0. The van der Waals surface area contributed by atoms with Crippen LogP contribution in [-0.4, -0.2) is 17.6 Å². The van der Waals surface area contributed by atoms with E-state index in [-0.39, 0.29) is 6.54 Å². The summed E-state index contributed by atoms with van der Waals surface area (Å²) in [6, 6.07) is 5.07. The fraction of sp³-hybridized carbons (Fsp3) is 0.364. The predicted octanol–water partition coefficient (Wildman–Crippen LogP) is 2.52. The van der Waals surface area contributed by atoms with E-state index in [0.29, 0.717) is 5.56 Å². The zero-order valence-electron chi connectivity index (χ0n) is 8.75. The van der Waals surface area contributed by atoms with Crippen molar-refractivity contribution in [3.05, 3.63) is 29.3 Å². The number of anilines is 1. The Kier molecular flexibility index (Phi) is 3.66. The highest BCUT2D eigenvalue weighted by Crippen LogP contribution is 2.22. The second kappa shape index (κ2) is 4.77. The highest BCUT2D eigenvalue weighted by molar-refractivity contribution is 5.73. The Morgan fingerprint density at radius 3 is 2.73 bits per heavy atom. The molecule has 3 nitrogen and oxygen atoms in total. The van der Waals surface area contributed by atoms with Gasteiger partial charge in [-0.2, -0.15) is 0 Å². The fourth-order valence-electron chi connectivity index (χ4n) is 1.30. The van der Waals surface area contributed by atoms with Crippen molar-refractivity contribution in [1.82, 2.24) is 0 Å². The lowest BCUT2D eigenvalue weighted by Gasteiger charge is -2.10. The van der Waals surface area contributed by atoms with Gasteiger partial charge in [-0.1, -0.05) is 12.1 Å². The molecule has 1 atom stereocenters. The van der Waals surface area contributed by atoms with E-state index in [1.165, 1.54) is 6.92 Å². The highest BCUT2D eigenvalue weighted by atomic mass is 19.1. The number of benzene rings is 1. The van der Waals surface area contributed by atoms with Crippen LogP contribution in [0.4, 0.5) is 10.1 Å². The average Bonchev–Trinajstić information content (AvgIpc) is 2.15. The summed E-state index contributed by atoms with van der Waals surface area (Å²) in [5, 5.41) is 11.2. The lowest BCUT2D eigenvalue weighted by atomic mass is 10.1. The van der Waals surface area contributed by atoms with Crippen molar-refractivity contribution in [2.75, 3.05) is 11.9 Å². The molecule has 82 valence electrons. The maximum Gasteiger partial charge on any atom is 0.322 e. The van der Waals surface area contributed by atoms with Crippen LogP contribution in [0.2, 0.25) is 0 Å². The number of alkyl halides is 1.